The molecule has 0 bridgehead atoms. The van der Waals surface area contributed by atoms with E-state index in [4.69, 9.17) is 4.42 Å². The lowest BCUT2D eigenvalue weighted by Gasteiger charge is -2.19. The number of halogens is 3. The van der Waals surface area contributed by atoms with E-state index >= 15 is 0 Å². The van der Waals surface area contributed by atoms with Crippen LogP contribution in [-0.4, -0.2) is 17.7 Å². The highest BCUT2D eigenvalue weighted by atomic mass is 32.2. The van der Waals surface area contributed by atoms with Crippen LogP contribution in [-0.2, 0) is 15.8 Å². The van der Waals surface area contributed by atoms with E-state index in [1.165, 1.54) is 24.3 Å². The van der Waals surface area contributed by atoms with Gasteiger partial charge in [0.1, 0.15) is 22.5 Å². The van der Waals surface area contributed by atoms with Gasteiger partial charge in [-0.15, -0.1) is 11.8 Å². The third kappa shape index (κ3) is 9.06. The van der Waals surface area contributed by atoms with Crippen molar-refractivity contribution in [3.8, 4) is 11.3 Å². The van der Waals surface area contributed by atoms with Crippen molar-refractivity contribution in [1.29, 1.82) is 0 Å². The van der Waals surface area contributed by atoms with Crippen LogP contribution in [0.15, 0.2) is 167 Å². The molecule has 6 aromatic rings. The van der Waals surface area contributed by atoms with Gasteiger partial charge >= 0.3 is 6.18 Å². The Kier molecular flexibility index (Phi) is 11.0. The number of nitrogens with one attached hydrogen (secondary N) is 3. The number of rotatable bonds is 11. The molecule has 6 rings (SSSR count). The van der Waals surface area contributed by atoms with E-state index in [9.17, 15) is 27.6 Å². The Labute approximate surface area is 301 Å². The van der Waals surface area contributed by atoms with Crippen LogP contribution < -0.4 is 16.0 Å². The molecule has 3 N–H and O–H groups in total. The maximum atomic E-state index is 13.6. The summed E-state index contributed by atoms with van der Waals surface area (Å²) in [6.45, 7) is 0. The van der Waals surface area contributed by atoms with Crippen LogP contribution in [0.4, 0.5) is 24.5 Å². The van der Waals surface area contributed by atoms with E-state index < -0.39 is 34.7 Å². The molecule has 3 amide bonds. The summed E-state index contributed by atoms with van der Waals surface area (Å²) in [6.07, 6.45) is -3.21. The smallest absolute Gasteiger partial charge is 0.418 e. The zero-order valence-corrected chi connectivity index (χ0v) is 28.1. The van der Waals surface area contributed by atoms with Crippen molar-refractivity contribution in [3.63, 3.8) is 0 Å². The van der Waals surface area contributed by atoms with Crippen LogP contribution in [0.5, 0.6) is 0 Å². The molecule has 5 aromatic carbocycles. The largest absolute Gasteiger partial charge is 0.457 e. The summed E-state index contributed by atoms with van der Waals surface area (Å²) in [5, 5.41) is 7.03. The quantitative estimate of drug-likeness (QED) is 0.0916. The number of para-hydroxylation sites is 1. The van der Waals surface area contributed by atoms with Gasteiger partial charge in [0, 0.05) is 27.8 Å². The number of amides is 3. The highest BCUT2D eigenvalue weighted by Crippen LogP contribution is 2.39. The van der Waals surface area contributed by atoms with Gasteiger partial charge in [0.05, 0.1) is 11.3 Å². The predicted molar refractivity (Wildman–Crippen MR) is 196 cm³/mol. The maximum absolute atomic E-state index is 13.6. The molecule has 0 spiro atoms. The van der Waals surface area contributed by atoms with Crippen molar-refractivity contribution in [2.45, 2.75) is 16.3 Å². The molecule has 0 saturated carbocycles. The van der Waals surface area contributed by atoms with Gasteiger partial charge in [-0.25, -0.2) is 0 Å². The second kappa shape index (κ2) is 16.1. The number of hydrogen-bond donors (Lipinski definition) is 3. The van der Waals surface area contributed by atoms with Gasteiger partial charge in [0.2, 0.25) is 5.91 Å². The van der Waals surface area contributed by atoms with E-state index in [1.54, 1.807) is 97.1 Å². The first-order chi connectivity index (χ1) is 25.1. The minimum atomic E-state index is -4.65. The molecule has 0 aliphatic rings. The van der Waals surface area contributed by atoms with Gasteiger partial charge in [-0.1, -0.05) is 91.0 Å². The van der Waals surface area contributed by atoms with E-state index in [1.807, 2.05) is 30.3 Å². The zero-order valence-electron chi connectivity index (χ0n) is 27.3. The number of hydrogen-bond acceptors (Lipinski definition) is 5. The number of alkyl halides is 3. The van der Waals surface area contributed by atoms with E-state index in [0.29, 0.717) is 33.2 Å². The number of thioether (sulfide) groups is 1. The minimum Gasteiger partial charge on any atom is -0.457 e. The van der Waals surface area contributed by atoms with Crippen LogP contribution in [0, 0.1) is 0 Å². The SMILES string of the molecule is O=C(Nc1ccc(S[C@H](C(=O)Nc2ccccc2C(F)(F)F)c2ccccc2)cc1)/C(=C/c1ccc(-c2ccccc2)o1)NC(=O)c1ccccc1. The molecule has 52 heavy (non-hydrogen) atoms. The van der Waals surface area contributed by atoms with Crippen molar-refractivity contribution >= 4 is 46.9 Å². The van der Waals surface area contributed by atoms with Crippen molar-refractivity contribution in [2.75, 3.05) is 10.6 Å². The molecule has 1 heterocycles. The van der Waals surface area contributed by atoms with E-state index in [-0.39, 0.29) is 11.4 Å². The summed E-state index contributed by atoms with van der Waals surface area (Å²) in [6, 6.07) is 41.5. The molecule has 0 fully saturated rings. The topological polar surface area (TPSA) is 100 Å². The molecule has 0 aliphatic heterocycles. The molecule has 0 aliphatic carbocycles. The van der Waals surface area contributed by atoms with Crippen LogP contribution in [0.25, 0.3) is 17.4 Å². The standard InChI is InChI=1S/C41H30F3N3O4S/c42-41(43,44)33-18-10-11-19-34(33)46-40(50)37(28-14-6-2-7-15-28)52-32-23-20-30(21-24-32)45-39(49)35(47-38(48)29-16-8-3-9-17-29)26-31-22-25-36(51-31)27-12-4-1-5-13-27/h1-26,37H,(H,45,49)(H,46,50)(H,47,48)/b35-26-/t37-/m0/s1. The summed E-state index contributed by atoms with van der Waals surface area (Å²) >= 11 is 1.14. The van der Waals surface area contributed by atoms with Crippen molar-refractivity contribution < 1.29 is 32.0 Å². The van der Waals surface area contributed by atoms with Gasteiger partial charge < -0.3 is 20.4 Å². The van der Waals surface area contributed by atoms with Gasteiger partial charge in [-0.05, 0) is 66.2 Å². The van der Waals surface area contributed by atoms with Crippen molar-refractivity contribution in [3.05, 3.63) is 180 Å². The maximum Gasteiger partial charge on any atom is 0.418 e. The van der Waals surface area contributed by atoms with Crippen LogP contribution >= 0.6 is 11.8 Å². The second-order valence-electron chi connectivity index (χ2n) is 11.4. The average molecular weight is 718 g/mol. The Morgan fingerprint density at radius 2 is 1.29 bits per heavy atom. The first-order valence-electron chi connectivity index (χ1n) is 16.0. The van der Waals surface area contributed by atoms with Crippen LogP contribution in [0.2, 0.25) is 0 Å². The molecule has 1 atom stereocenters. The second-order valence-corrected chi connectivity index (χ2v) is 12.5. The third-order valence-corrected chi connectivity index (χ3v) is 8.96. The summed E-state index contributed by atoms with van der Waals surface area (Å²) in [4.78, 5) is 40.8. The Morgan fingerprint density at radius 1 is 0.673 bits per heavy atom. The third-order valence-electron chi connectivity index (χ3n) is 7.70. The summed E-state index contributed by atoms with van der Waals surface area (Å²) in [5.74, 6) is -0.824. The van der Waals surface area contributed by atoms with Gasteiger partial charge in [0.25, 0.3) is 11.8 Å². The van der Waals surface area contributed by atoms with Crippen LogP contribution in [0.3, 0.4) is 0 Å². The summed E-state index contributed by atoms with van der Waals surface area (Å²) in [7, 11) is 0. The monoisotopic (exact) mass is 717 g/mol. The van der Waals surface area contributed by atoms with Gasteiger partial charge in [-0.3, -0.25) is 14.4 Å². The van der Waals surface area contributed by atoms with Gasteiger partial charge in [0.15, 0.2) is 0 Å². The molecular formula is C41H30F3N3O4S. The van der Waals surface area contributed by atoms with E-state index in [2.05, 4.69) is 16.0 Å². The fourth-order valence-electron chi connectivity index (χ4n) is 5.16. The zero-order chi connectivity index (χ0) is 36.5. The Morgan fingerprint density at radius 3 is 1.96 bits per heavy atom. The average Bonchev–Trinajstić information content (AvgIpc) is 3.63. The summed E-state index contributed by atoms with van der Waals surface area (Å²) in [5.41, 5.74) is 0.818. The fourth-order valence-corrected chi connectivity index (χ4v) is 6.19. The first-order valence-corrected chi connectivity index (χ1v) is 16.9. The Hall–Kier alpha value is -6.33. The number of carbonyl (C=O) groups excluding carboxylic acids is 3. The molecule has 0 unspecified atom stereocenters. The Bertz CT molecular complexity index is 2190. The van der Waals surface area contributed by atoms with E-state index in [0.717, 1.165) is 23.4 Å². The molecule has 1 aromatic heterocycles. The summed E-state index contributed by atoms with van der Waals surface area (Å²) < 4.78 is 46.9. The molecule has 0 radical (unpaired) electrons. The molecule has 11 heteroatoms. The predicted octanol–water partition coefficient (Wildman–Crippen LogP) is 9.85. The first kappa shape index (κ1) is 35.5. The number of carbonyl (C=O) groups is 3. The normalized spacial score (nSPS) is 12.1. The number of furan rings is 1. The highest BCUT2D eigenvalue weighted by molar-refractivity contribution is 8.00. The lowest BCUT2D eigenvalue weighted by atomic mass is 10.1. The van der Waals surface area contributed by atoms with Gasteiger partial charge in [-0.2, -0.15) is 13.2 Å². The lowest BCUT2D eigenvalue weighted by Crippen LogP contribution is -2.30. The van der Waals surface area contributed by atoms with Crippen molar-refractivity contribution in [1.82, 2.24) is 5.32 Å². The molecular weight excluding hydrogens is 688 g/mol. The molecule has 260 valence electrons. The molecule has 7 nitrogen and oxygen atoms in total. The fraction of sp³-hybridized carbons (Fsp3) is 0.0488. The number of benzene rings is 5. The minimum absolute atomic E-state index is 0.0683. The molecule has 0 saturated heterocycles. The lowest BCUT2D eigenvalue weighted by molar-refractivity contribution is -0.137. The van der Waals surface area contributed by atoms with Crippen LogP contribution in [0.1, 0.15) is 32.5 Å². The Balaban J connectivity index is 1.21. The van der Waals surface area contributed by atoms with Crippen molar-refractivity contribution in [2.24, 2.45) is 0 Å². The number of anilines is 2. The highest BCUT2D eigenvalue weighted by Gasteiger charge is 2.34.